The minimum Gasteiger partial charge on any atom is -0.455 e. The molecule has 0 spiro atoms. The fourth-order valence-corrected chi connectivity index (χ4v) is 11.8. The first kappa shape index (κ1) is 26.8. The van der Waals surface area contributed by atoms with E-state index in [9.17, 15) is 15.1 Å². The van der Waals surface area contributed by atoms with E-state index in [2.05, 4.69) is 133 Å². The van der Waals surface area contributed by atoms with Gasteiger partial charge in [0.2, 0.25) is 0 Å². The van der Waals surface area contributed by atoms with E-state index in [4.69, 9.17) is 25.0 Å². The van der Waals surface area contributed by atoms with Crippen LogP contribution in [-0.2, 0) is 0 Å². The van der Waals surface area contributed by atoms with Crippen LogP contribution in [0.4, 0.5) is 0 Å². The molecule has 18 rings (SSSR count). The topological polar surface area (TPSA) is 13.1 Å². The highest BCUT2D eigenvalue weighted by molar-refractivity contribution is 6.29. The summed E-state index contributed by atoms with van der Waals surface area (Å²) >= 11 is 0. The SMILES string of the molecule is [2H]c1c([2H])c([2H])c(-c2c([2H])c(-c3c([2H])c([2H])c4c([2H])c([2H])c5c([2H])c([2H])c([2H])c6c([2H])c([2H])c3c4c56)c([2H])c(-c3c([2H])c([2H])c4c([2H])c([2H])c5c([2H])c([2H])c([2H])c6c([2H])c([2H])c3c4c56)c2[2H])c([2H])c1[2H].c1ccc(-c2c3ccccc3c(-c3cccc4oc5c6ccccc6ccc5c34)c3ccccc23)cc1. The summed E-state index contributed by atoms with van der Waals surface area (Å²) < 4.78 is 242. The quantitative estimate of drug-likeness (QED) is 0.124. The molecule has 0 unspecified atom stereocenters. The first-order chi connectivity index (χ1) is 51.1. The zero-order valence-electron chi connectivity index (χ0n) is 68.1. The third-order valence-electron chi connectivity index (χ3n) is 15.3. The third kappa shape index (κ3) is 7.05. The van der Waals surface area contributed by atoms with Gasteiger partial charge < -0.3 is 4.42 Å². The molecule has 0 amide bonds. The van der Waals surface area contributed by atoms with E-state index in [0.717, 1.165) is 21.9 Å². The summed E-state index contributed by atoms with van der Waals surface area (Å²) in [6, 6.07) is 25.4. The number of furan rings is 1. The van der Waals surface area contributed by atoms with Gasteiger partial charge in [-0.15, -0.1) is 0 Å². The molecule has 1 nitrogen and oxygen atoms in total. The molecule has 0 aliphatic carbocycles. The average molecular weight is 1050 g/mol. The van der Waals surface area contributed by atoms with E-state index >= 15 is 0 Å². The summed E-state index contributed by atoms with van der Waals surface area (Å²) in [5.74, 6) is 0. The Morgan fingerprint density at radius 1 is 0.235 bits per heavy atom. The van der Waals surface area contributed by atoms with Gasteiger partial charge in [-0.25, -0.2) is 0 Å². The van der Waals surface area contributed by atoms with Crippen LogP contribution >= 0.6 is 0 Å². The van der Waals surface area contributed by atoms with Crippen LogP contribution in [0.3, 0.4) is 0 Å². The minimum absolute atomic E-state index is 0.312. The normalized spacial score (nSPS) is 16.4. The van der Waals surface area contributed by atoms with Crippen molar-refractivity contribution >= 4 is 119 Å². The molecule has 0 bridgehead atoms. The standard InChI is InChI=1S/C44H26.C36H22O/c1-2-6-27(7-3-1)34-24-35(37-20-16-32-14-12-28-8-4-10-30-18-22-39(37)43(32)41(28)30)26-36(25-34)38-21-17-33-15-13-29-9-5-11-31-19-23-40(38)44(33)42(29)31;1-2-12-24(13-3-1)33-26-15-6-8-17-28(26)34(29-18-9-7-16-27(29)33)30-19-10-20-32-35(30)31-22-21-23-11-4-5-14-25(23)36(31)37-32/h1-26H;1-22H/i1D,2D,3D,4D,5D,6D,7D,8D,9D,10D,11D,12D,13D,14D,15D,16D,17D,18D,19D,20D,21D,22D,23D,24D,25D,26D;. The van der Waals surface area contributed by atoms with Gasteiger partial charge in [0.25, 0.3) is 0 Å². The molecule has 0 saturated heterocycles. The van der Waals surface area contributed by atoms with Crippen LogP contribution in [0.1, 0.15) is 35.6 Å². The number of hydrogen-bond donors (Lipinski definition) is 0. The van der Waals surface area contributed by atoms with Crippen LogP contribution in [0.15, 0.2) is 295 Å². The molecule has 1 heterocycles. The Bertz CT molecular complexity index is 6770. The first-order valence-electron chi connectivity index (χ1n) is 39.0. The van der Waals surface area contributed by atoms with Gasteiger partial charge in [-0.05, 0) is 177 Å². The average Bonchev–Trinajstić information content (AvgIpc) is 0.972. The minimum atomic E-state index is -1.06. The van der Waals surface area contributed by atoms with Crippen LogP contribution in [0.25, 0.3) is 175 Å². The Balaban J connectivity index is 0.000000189. The molecule has 17 aromatic carbocycles. The van der Waals surface area contributed by atoms with E-state index < -0.39 is 234 Å². The zero-order chi connectivity index (χ0) is 75.7. The molecule has 81 heavy (non-hydrogen) atoms. The van der Waals surface area contributed by atoms with Crippen LogP contribution in [0.5, 0.6) is 0 Å². The fourth-order valence-electron chi connectivity index (χ4n) is 11.8. The second-order valence-corrected chi connectivity index (χ2v) is 19.7. The maximum atomic E-state index is 10.0. The lowest BCUT2D eigenvalue weighted by molar-refractivity contribution is 0.673. The second kappa shape index (κ2) is 18.0. The fraction of sp³-hybridized carbons (Fsp3) is 0. The van der Waals surface area contributed by atoms with Crippen molar-refractivity contribution in [3.63, 3.8) is 0 Å². The smallest absolute Gasteiger partial charge is 0.143 e. The lowest BCUT2D eigenvalue weighted by atomic mass is 9.85. The van der Waals surface area contributed by atoms with Gasteiger partial charge in [0, 0.05) is 16.2 Å². The van der Waals surface area contributed by atoms with Gasteiger partial charge in [0.15, 0.2) is 0 Å². The Morgan fingerprint density at radius 2 is 0.716 bits per heavy atom. The number of benzene rings is 17. The lowest BCUT2D eigenvalue weighted by Gasteiger charge is -2.18. The zero-order valence-corrected chi connectivity index (χ0v) is 42.1. The summed E-state index contributed by atoms with van der Waals surface area (Å²) in [5, 5.41) is 4.47. The van der Waals surface area contributed by atoms with Crippen molar-refractivity contribution in [1.82, 2.24) is 0 Å². The van der Waals surface area contributed by atoms with Gasteiger partial charge >= 0.3 is 0 Å². The highest BCUT2D eigenvalue weighted by atomic mass is 16.3. The van der Waals surface area contributed by atoms with Crippen molar-refractivity contribution in [3.8, 4) is 55.6 Å². The molecule has 0 atom stereocenters. The largest absolute Gasteiger partial charge is 0.455 e. The first-order valence-corrected chi connectivity index (χ1v) is 26.0. The molecule has 0 radical (unpaired) electrons. The van der Waals surface area contributed by atoms with E-state index in [1.165, 1.54) is 54.6 Å². The Morgan fingerprint density at radius 3 is 1.30 bits per heavy atom. The molecule has 0 fully saturated rings. The predicted molar refractivity (Wildman–Crippen MR) is 347 cm³/mol. The van der Waals surface area contributed by atoms with Crippen molar-refractivity contribution in [2.45, 2.75) is 0 Å². The summed E-state index contributed by atoms with van der Waals surface area (Å²) in [6.07, 6.45) is 0. The maximum absolute atomic E-state index is 10.0. The Hall–Kier alpha value is -10.6. The summed E-state index contributed by atoms with van der Waals surface area (Å²) in [5.41, 5.74) is 1.92. The second-order valence-electron chi connectivity index (χ2n) is 19.7. The van der Waals surface area contributed by atoms with E-state index in [0.29, 0.717) is 0 Å². The molecular weight excluding hydrogens is 977 g/mol. The van der Waals surface area contributed by atoms with Crippen molar-refractivity contribution in [2.75, 3.05) is 0 Å². The molecule has 374 valence electrons. The van der Waals surface area contributed by atoms with Gasteiger partial charge in [-0.3, -0.25) is 0 Å². The van der Waals surface area contributed by atoms with Crippen molar-refractivity contribution in [2.24, 2.45) is 0 Å². The number of rotatable bonds is 5. The van der Waals surface area contributed by atoms with Crippen LogP contribution in [0, 0.1) is 0 Å². The molecule has 18 aromatic rings. The van der Waals surface area contributed by atoms with Crippen LogP contribution < -0.4 is 0 Å². The molecular formula is C80H48O. The van der Waals surface area contributed by atoms with E-state index in [-0.39, 0.29) is 21.5 Å². The molecule has 0 saturated carbocycles. The highest BCUT2D eigenvalue weighted by Crippen LogP contribution is 2.49. The predicted octanol–water partition coefficient (Wildman–Crippen LogP) is 22.9. The molecule has 1 heteroatoms. The van der Waals surface area contributed by atoms with Gasteiger partial charge in [0.1, 0.15) is 11.2 Å². The third-order valence-corrected chi connectivity index (χ3v) is 15.3. The van der Waals surface area contributed by atoms with Crippen LogP contribution in [0.2, 0.25) is 0 Å². The van der Waals surface area contributed by atoms with Gasteiger partial charge in [-0.2, -0.15) is 0 Å². The molecule has 0 aliphatic rings. The maximum Gasteiger partial charge on any atom is 0.143 e. The van der Waals surface area contributed by atoms with E-state index in [1.54, 1.807) is 0 Å². The summed E-state index contributed by atoms with van der Waals surface area (Å²) in [4.78, 5) is 0. The number of fused-ring (bicyclic) bond motifs is 7. The van der Waals surface area contributed by atoms with Crippen molar-refractivity contribution in [1.29, 1.82) is 0 Å². The van der Waals surface area contributed by atoms with Crippen molar-refractivity contribution in [3.05, 3.63) is 291 Å². The molecule has 0 aliphatic heterocycles. The monoisotopic (exact) mass is 1050 g/mol. The molecule has 0 N–H and O–H groups in total. The summed E-state index contributed by atoms with van der Waals surface area (Å²) in [7, 11) is 0. The van der Waals surface area contributed by atoms with Crippen molar-refractivity contribution < 1.29 is 40.1 Å². The van der Waals surface area contributed by atoms with Gasteiger partial charge in [-0.1, -0.05) is 260 Å². The lowest BCUT2D eigenvalue weighted by Crippen LogP contribution is -1.91. The number of hydrogen-bond acceptors (Lipinski definition) is 1. The molecule has 1 aromatic heterocycles. The Labute approximate surface area is 504 Å². The summed E-state index contributed by atoms with van der Waals surface area (Å²) in [6.45, 7) is 0. The van der Waals surface area contributed by atoms with E-state index in [1.807, 2.05) is 0 Å². The van der Waals surface area contributed by atoms with Gasteiger partial charge in [0.05, 0.1) is 35.6 Å². The van der Waals surface area contributed by atoms with Crippen LogP contribution in [-0.4, -0.2) is 0 Å². The Kier molecular flexibility index (Phi) is 5.96. The highest BCUT2D eigenvalue weighted by Gasteiger charge is 2.22.